The van der Waals surface area contributed by atoms with Crippen LogP contribution in [0.4, 0.5) is 5.82 Å². The lowest BCUT2D eigenvalue weighted by atomic mass is 10.3. The van der Waals surface area contributed by atoms with Gasteiger partial charge in [0.15, 0.2) is 5.16 Å². The molecule has 1 aromatic carbocycles. The van der Waals surface area contributed by atoms with Gasteiger partial charge in [-0.1, -0.05) is 11.8 Å². The van der Waals surface area contributed by atoms with Gasteiger partial charge in [-0.25, -0.2) is 10.8 Å². The zero-order valence-electron chi connectivity index (χ0n) is 10.6. The van der Waals surface area contributed by atoms with E-state index < -0.39 is 0 Å². The number of ether oxygens (including phenoxy) is 2. The fraction of sp³-hybridized carbons (Fsp3) is 0.167. The number of benzene rings is 1. The van der Waals surface area contributed by atoms with Crippen molar-refractivity contribution in [1.82, 2.24) is 9.97 Å². The number of methoxy groups -OCH3 is 1. The number of nitrogens with two attached hydrogens (primary N) is 1. The van der Waals surface area contributed by atoms with Crippen molar-refractivity contribution in [3.63, 3.8) is 0 Å². The zero-order valence-corrected chi connectivity index (χ0v) is 11.4. The van der Waals surface area contributed by atoms with E-state index in [0.717, 1.165) is 5.75 Å². The average molecular weight is 278 g/mol. The van der Waals surface area contributed by atoms with Crippen molar-refractivity contribution < 1.29 is 9.47 Å². The topological polar surface area (TPSA) is 82.3 Å². The molecule has 2 rings (SSSR count). The van der Waals surface area contributed by atoms with Crippen molar-refractivity contribution in [3.8, 4) is 17.4 Å². The van der Waals surface area contributed by atoms with Crippen molar-refractivity contribution >= 4 is 17.6 Å². The second-order valence-electron chi connectivity index (χ2n) is 3.50. The molecular formula is C12H14N4O2S. The summed E-state index contributed by atoms with van der Waals surface area (Å²) in [5.74, 6) is 7.71. The number of rotatable bonds is 5. The van der Waals surface area contributed by atoms with Crippen molar-refractivity contribution in [3.05, 3.63) is 30.3 Å². The zero-order chi connectivity index (χ0) is 13.7. The van der Waals surface area contributed by atoms with E-state index in [1.54, 1.807) is 25.3 Å². The first-order valence-electron chi connectivity index (χ1n) is 5.46. The van der Waals surface area contributed by atoms with Crippen LogP contribution in [0.15, 0.2) is 35.5 Å². The smallest absolute Gasteiger partial charge is 0.225 e. The number of nitrogens with zero attached hydrogens (tertiary/aromatic N) is 2. The van der Waals surface area contributed by atoms with Crippen molar-refractivity contribution in [1.29, 1.82) is 0 Å². The Morgan fingerprint density at radius 1 is 1.16 bits per heavy atom. The summed E-state index contributed by atoms with van der Waals surface area (Å²) in [6.07, 6.45) is 1.88. The lowest BCUT2D eigenvalue weighted by Crippen LogP contribution is -2.09. The summed E-state index contributed by atoms with van der Waals surface area (Å²) in [4.78, 5) is 8.40. The van der Waals surface area contributed by atoms with Gasteiger partial charge in [-0.05, 0) is 30.5 Å². The molecule has 1 heterocycles. The molecule has 0 aliphatic carbocycles. The summed E-state index contributed by atoms with van der Waals surface area (Å²) < 4.78 is 10.7. The van der Waals surface area contributed by atoms with Crippen LogP contribution < -0.4 is 20.7 Å². The maximum atomic E-state index is 5.65. The summed E-state index contributed by atoms with van der Waals surface area (Å²) in [6.45, 7) is 0. The fourth-order valence-electron chi connectivity index (χ4n) is 1.39. The summed E-state index contributed by atoms with van der Waals surface area (Å²) in [5, 5.41) is 0.582. The first-order chi connectivity index (χ1) is 9.25. The maximum Gasteiger partial charge on any atom is 0.225 e. The Morgan fingerprint density at radius 2 is 1.84 bits per heavy atom. The third-order valence-corrected chi connectivity index (χ3v) is 2.84. The first-order valence-corrected chi connectivity index (χ1v) is 6.69. The van der Waals surface area contributed by atoms with Crippen LogP contribution in [0.2, 0.25) is 0 Å². The average Bonchev–Trinajstić information content (AvgIpc) is 2.47. The Balaban J connectivity index is 2.21. The Kier molecular flexibility index (Phi) is 4.43. The van der Waals surface area contributed by atoms with Gasteiger partial charge >= 0.3 is 0 Å². The van der Waals surface area contributed by atoms with Crippen LogP contribution >= 0.6 is 11.8 Å². The Morgan fingerprint density at radius 3 is 2.42 bits per heavy atom. The molecule has 100 valence electrons. The van der Waals surface area contributed by atoms with Gasteiger partial charge in [0.1, 0.15) is 17.3 Å². The van der Waals surface area contributed by atoms with Crippen molar-refractivity contribution in [2.24, 2.45) is 5.84 Å². The third kappa shape index (κ3) is 3.49. The Labute approximate surface area is 115 Å². The molecule has 0 atom stereocenters. The number of hydrogen-bond acceptors (Lipinski definition) is 7. The van der Waals surface area contributed by atoms with Crippen LogP contribution in [0, 0.1) is 0 Å². The van der Waals surface area contributed by atoms with E-state index in [4.69, 9.17) is 15.3 Å². The molecule has 0 fully saturated rings. The Bertz CT molecular complexity index is 526. The van der Waals surface area contributed by atoms with E-state index in [0.29, 0.717) is 22.6 Å². The Hall–Kier alpha value is -1.99. The predicted octanol–water partition coefficient (Wildman–Crippen LogP) is 2.29. The molecule has 19 heavy (non-hydrogen) atoms. The predicted molar refractivity (Wildman–Crippen MR) is 74.7 cm³/mol. The minimum absolute atomic E-state index is 0.428. The SMILES string of the molecule is COc1ccc(Oc2cc(NN)nc(SC)n2)cc1. The number of nitrogen functional groups attached to an aromatic ring is 1. The molecule has 0 radical (unpaired) electrons. The molecular weight excluding hydrogens is 264 g/mol. The van der Waals surface area contributed by atoms with Gasteiger partial charge < -0.3 is 14.9 Å². The molecule has 0 bridgehead atoms. The summed E-state index contributed by atoms with van der Waals surface area (Å²) in [7, 11) is 1.62. The van der Waals surface area contributed by atoms with Gasteiger partial charge in [0.05, 0.1) is 7.11 Å². The molecule has 0 aliphatic rings. The number of hydrazine groups is 1. The standard InChI is InChI=1S/C12H14N4O2S/c1-17-8-3-5-9(6-4-8)18-11-7-10(16-13)14-12(15-11)19-2/h3-7H,13H2,1-2H3,(H,14,15,16). The molecule has 0 spiro atoms. The lowest BCUT2D eigenvalue weighted by molar-refractivity contribution is 0.412. The number of aromatic nitrogens is 2. The van der Waals surface area contributed by atoms with Crippen LogP contribution in [-0.4, -0.2) is 23.3 Å². The van der Waals surface area contributed by atoms with Crippen LogP contribution in [0.25, 0.3) is 0 Å². The summed E-state index contributed by atoms with van der Waals surface area (Å²) in [6, 6.07) is 8.86. The number of thioether (sulfide) groups is 1. The second kappa shape index (κ2) is 6.26. The van der Waals surface area contributed by atoms with E-state index in [2.05, 4.69) is 15.4 Å². The summed E-state index contributed by atoms with van der Waals surface area (Å²) in [5.41, 5.74) is 2.48. The fourth-order valence-corrected chi connectivity index (χ4v) is 1.76. The third-order valence-electron chi connectivity index (χ3n) is 2.29. The second-order valence-corrected chi connectivity index (χ2v) is 4.27. The molecule has 7 heteroatoms. The molecule has 0 unspecified atom stereocenters. The van der Waals surface area contributed by atoms with E-state index in [1.165, 1.54) is 11.8 Å². The highest BCUT2D eigenvalue weighted by atomic mass is 32.2. The largest absolute Gasteiger partial charge is 0.497 e. The van der Waals surface area contributed by atoms with E-state index in [-0.39, 0.29) is 0 Å². The van der Waals surface area contributed by atoms with Gasteiger partial charge in [0.2, 0.25) is 5.88 Å². The monoisotopic (exact) mass is 278 g/mol. The highest BCUT2D eigenvalue weighted by molar-refractivity contribution is 7.98. The lowest BCUT2D eigenvalue weighted by Gasteiger charge is -2.08. The van der Waals surface area contributed by atoms with Crippen LogP contribution in [0.5, 0.6) is 17.4 Å². The quantitative estimate of drug-likeness (QED) is 0.376. The molecule has 6 nitrogen and oxygen atoms in total. The molecule has 0 saturated heterocycles. The number of hydrogen-bond donors (Lipinski definition) is 2. The van der Waals surface area contributed by atoms with Gasteiger partial charge in [0.25, 0.3) is 0 Å². The van der Waals surface area contributed by atoms with E-state index in [9.17, 15) is 0 Å². The van der Waals surface area contributed by atoms with Gasteiger partial charge in [-0.3, -0.25) is 0 Å². The molecule has 0 amide bonds. The molecule has 3 N–H and O–H groups in total. The first kappa shape index (κ1) is 13.4. The number of anilines is 1. The van der Waals surface area contributed by atoms with Crippen LogP contribution in [0.1, 0.15) is 0 Å². The molecule has 0 saturated carbocycles. The van der Waals surface area contributed by atoms with Crippen LogP contribution in [0.3, 0.4) is 0 Å². The molecule has 0 aliphatic heterocycles. The van der Waals surface area contributed by atoms with Gasteiger partial charge in [-0.2, -0.15) is 4.98 Å². The van der Waals surface area contributed by atoms with Gasteiger partial charge in [0, 0.05) is 6.07 Å². The highest BCUT2D eigenvalue weighted by Gasteiger charge is 2.05. The number of nitrogens with one attached hydrogen (secondary N) is 1. The highest BCUT2D eigenvalue weighted by Crippen LogP contribution is 2.25. The van der Waals surface area contributed by atoms with Crippen LogP contribution in [-0.2, 0) is 0 Å². The molecule has 2 aromatic rings. The maximum absolute atomic E-state index is 5.65. The van der Waals surface area contributed by atoms with E-state index >= 15 is 0 Å². The summed E-state index contributed by atoms with van der Waals surface area (Å²) >= 11 is 1.41. The van der Waals surface area contributed by atoms with Crippen molar-refractivity contribution in [2.45, 2.75) is 5.16 Å². The normalized spacial score (nSPS) is 10.1. The van der Waals surface area contributed by atoms with Crippen molar-refractivity contribution in [2.75, 3.05) is 18.8 Å². The minimum Gasteiger partial charge on any atom is -0.497 e. The van der Waals surface area contributed by atoms with E-state index in [1.807, 2.05) is 18.4 Å². The molecule has 1 aromatic heterocycles. The minimum atomic E-state index is 0.428. The van der Waals surface area contributed by atoms with Gasteiger partial charge in [-0.15, -0.1) is 0 Å².